The highest BCUT2D eigenvalue weighted by Crippen LogP contribution is 2.32. The summed E-state index contributed by atoms with van der Waals surface area (Å²) in [6, 6.07) is 5.25. The maximum atomic E-state index is 11.8. The van der Waals surface area contributed by atoms with Gasteiger partial charge in [-0.25, -0.2) is 0 Å². The van der Waals surface area contributed by atoms with Crippen molar-refractivity contribution in [1.29, 1.82) is 0 Å². The van der Waals surface area contributed by atoms with E-state index < -0.39 is 0 Å². The molecule has 1 fully saturated rings. The van der Waals surface area contributed by atoms with Crippen LogP contribution in [0.1, 0.15) is 23.2 Å². The van der Waals surface area contributed by atoms with E-state index in [1.165, 1.54) is 7.11 Å². The van der Waals surface area contributed by atoms with Gasteiger partial charge in [-0.05, 0) is 25.0 Å². The van der Waals surface area contributed by atoms with Crippen LogP contribution in [0, 0.1) is 0 Å². The number of carbonyl (C=O) groups excluding carboxylic acids is 1. The molecule has 1 heterocycles. The Labute approximate surface area is 112 Å². The first-order valence-corrected chi connectivity index (χ1v) is 6.41. The summed E-state index contributed by atoms with van der Waals surface area (Å²) in [5.74, 6) is 0.850. The lowest BCUT2D eigenvalue weighted by atomic mass is 10.1. The Hall–Kier alpha value is -1.59. The molecule has 0 amide bonds. The van der Waals surface area contributed by atoms with Crippen LogP contribution in [-0.4, -0.2) is 38.8 Å². The number of carbonyl (C=O) groups is 1. The molecule has 0 aliphatic carbocycles. The van der Waals surface area contributed by atoms with Crippen LogP contribution in [0.5, 0.6) is 11.5 Å². The molecule has 1 aliphatic heterocycles. The minimum absolute atomic E-state index is 0.00544. The molecule has 0 aromatic heterocycles. The molecule has 104 valence electrons. The Morgan fingerprint density at radius 3 is 3.00 bits per heavy atom. The van der Waals surface area contributed by atoms with Gasteiger partial charge in [0.1, 0.15) is 6.10 Å². The van der Waals surface area contributed by atoms with E-state index in [0.29, 0.717) is 23.7 Å². The number of methoxy groups -OCH3 is 1. The SMILES string of the molecule is COc1c(OC2CCCOC2)cccc1C(=O)CN. The highest BCUT2D eigenvalue weighted by molar-refractivity contribution is 6.00. The lowest BCUT2D eigenvalue weighted by Crippen LogP contribution is -2.28. The molecule has 2 N–H and O–H groups in total. The number of ketones is 1. The molecule has 1 aliphatic rings. The van der Waals surface area contributed by atoms with Crippen LogP contribution in [0.25, 0.3) is 0 Å². The van der Waals surface area contributed by atoms with Crippen LogP contribution in [-0.2, 0) is 4.74 Å². The summed E-state index contributed by atoms with van der Waals surface area (Å²) >= 11 is 0. The zero-order valence-corrected chi connectivity index (χ0v) is 11.1. The molecule has 1 saturated heterocycles. The van der Waals surface area contributed by atoms with Crippen molar-refractivity contribution in [2.75, 3.05) is 26.9 Å². The van der Waals surface area contributed by atoms with Gasteiger partial charge in [-0.1, -0.05) is 6.07 Å². The van der Waals surface area contributed by atoms with Gasteiger partial charge in [-0.15, -0.1) is 0 Å². The second kappa shape index (κ2) is 6.54. The van der Waals surface area contributed by atoms with Crippen LogP contribution < -0.4 is 15.2 Å². The molecule has 19 heavy (non-hydrogen) atoms. The molecule has 5 nitrogen and oxygen atoms in total. The Morgan fingerprint density at radius 1 is 1.53 bits per heavy atom. The fraction of sp³-hybridized carbons (Fsp3) is 0.500. The van der Waals surface area contributed by atoms with Gasteiger partial charge in [-0.2, -0.15) is 0 Å². The number of benzene rings is 1. The first-order valence-electron chi connectivity index (χ1n) is 6.41. The lowest BCUT2D eigenvalue weighted by molar-refractivity contribution is 0.00640. The Balaban J connectivity index is 2.21. The molecule has 0 radical (unpaired) electrons. The zero-order chi connectivity index (χ0) is 13.7. The molecular formula is C14H19NO4. The van der Waals surface area contributed by atoms with E-state index >= 15 is 0 Å². The molecule has 0 bridgehead atoms. The number of hydrogen-bond donors (Lipinski definition) is 1. The van der Waals surface area contributed by atoms with Crippen molar-refractivity contribution in [2.24, 2.45) is 5.73 Å². The highest BCUT2D eigenvalue weighted by atomic mass is 16.5. The smallest absolute Gasteiger partial charge is 0.180 e. The van der Waals surface area contributed by atoms with Crippen molar-refractivity contribution < 1.29 is 19.0 Å². The maximum Gasteiger partial charge on any atom is 0.180 e. The van der Waals surface area contributed by atoms with Gasteiger partial charge >= 0.3 is 0 Å². The fourth-order valence-corrected chi connectivity index (χ4v) is 2.13. The third-order valence-corrected chi connectivity index (χ3v) is 3.08. The standard InChI is InChI=1S/C14H19NO4/c1-17-14-11(12(16)8-15)5-2-6-13(14)19-10-4-3-7-18-9-10/h2,5-6,10H,3-4,7-9,15H2,1H3. The van der Waals surface area contributed by atoms with E-state index in [4.69, 9.17) is 19.9 Å². The summed E-state index contributed by atoms with van der Waals surface area (Å²) in [5, 5.41) is 0. The van der Waals surface area contributed by atoms with Gasteiger partial charge in [0, 0.05) is 6.61 Å². The van der Waals surface area contributed by atoms with E-state index in [2.05, 4.69) is 0 Å². The Bertz CT molecular complexity index is 441. The van der Waals surface area contributed by atoms with Crippen LogP contribution >= 0.6 is 0 Å². The Morgan fingerprint density at radius 2 is 2.37 bits per heavy atom. The Kier molecular flexibility index (Phi) is 4.76. The second-order valence-electron chi connectivity index (χ2n) is 4.42. The number of rotatable bonds is 5. The topological polar surface area (TPSA) is 70.8 Å². The van der Waals surface area contributed by atoms with E-state index in [-0.39, 0.29) is 18.4 Å². The quantitative estimate of drug-likeness (QED) is 0.815. The van der Waals surface area contributed by atoms with Gasteiger partial charge in [0.15, 0.2) is 17.3 Å². The van der Waals surface area contributed by atoms with Crippen molar-refractivity contribution in [1.82, 2.24) is 0 Å². The van der Waals surface area contributed by atoms with Gasteiger partial charge in [0.2, 0.25) is 0 Å². The number of para-hydroxylation sites is 1. The molecule has 5 heteroatoms. The summed E-state index contributed by atoms with van der Waals surface area (Å²) in [7, 11) is 1.52. The van der Waals surface area contributed by atoms with E-state index in [1.54, 1.807) is 18.2 Å². The highest BCUT2D eigenvalue weighted by Gasteiger charge is 2.20. The second-order valence-corrected chi connectivity index (χ2v) is 4.42. The lowest BCUT2D eigenvalue weighted by Gasteiger charge is -2.24. The first-order chi connectivity index (χ1) is 9.26. The van der Waals surface area contributed by atoms with E-state index in [0.717, 1.165) is 19.4 Å². The van der Waals surface area contributed by atoms with Crippen LogP contribution in [0.3, 0.4) is 0 Å². The predicted octanol–water partition coefficient (Wildman–Crippen LogP) is 1.39. The van der Waals surface area contributed by atoms with Crippen molar-refractivity contribution >= 4 is 5.78 Å². The predicted molar refractivity (Wildman–Crippen MR) is 70.8 cm³/mol. The molecule has 1 aromatic rings. The largest absolute Gasteiger partial charge is 0.492 e. The summed E-state index contributed by atoms with van der Waals surface area (Å²) in [4.78, 5) is 11.8. The van der Waals surface area contributed by atoms with Crippen molar-refractivity contribution in [3.05, 3.63) is 23.8 Å². The monoisotopic (exact) mass is 265 g/mol. The van der Waals surface area contributed by atoms with Gasteiger partial charge < -0.3 is 19.9 Å². The fourth-order valence-electron chi connectivity index (χ4n) is 2.13. The number of hydrogen-bond acceptors (Lipinski definition) is 5. The molecule has 1 unspecified atom stereocenters. The van der Waals surface area contributed by atoms with Crippen LogP contribution in [0.2, 0.25) is 0 Å². The van der Waals surface area contributed by atoms with Crippen LogP contribution in [0.4, 0.5) is 0 Å². The first kappa shape index (κ1) is 13.8. The maximum absolute atomic E-state index is 11.8. The molecule has 1 aromatic carbocycles. The normalized spacial score (nSPS) is 18.9. The third-order valence-electron chi connectivity index (χ3n) is 3.08. The summed E-state index contributed by atoms with van der Waals surface area (Å²) in [6.45, 7) is 1.30. The minimum Gasteiger partial charge on any atom is -0.492 e. The van der Waals surface area contributed by atoms with Crippen LogP contribution in [0.15, 0.2) is 18.2 Å². The van der Waals surface area contributed by atoms with E-state index in [9.17, 15) is 4.79 Å². The third kappa shape index (κ3) is 3.24. The molecule has 1 atom stereocenters. The molecular weight excluding hydrogens is 246 g/mol. The van der Waals surface area contributed by atoms with E-state index in [1.807, 2.05) is 0 Å². The van der Waals surface area contributed by atoms with Gasteiger partial charge in [-0.3, -0.25) is 4.79 Å². The van der Waals surface area contributed by atoms with Crippen molar-refractivity contribution in [3.8, 4) is 11.5 Å². The average Bonchev–Trinajstić information content (AvgIpc) is 2.47. The number of nitrogens with two attached hydrogens (primary N) is 1. The average molecular weight is 265 g/mol. The van der Waals surface area contributed by atoms with Gasteiger partial charge in [0.25, 0.3) is 0 Å². The number of Topliss-reactive ketones (excluding diaryl/α,β-unsaturated/α-hetero) is 1. The molecule has 2 rings (SSSR count). The summed E-state index contributed by atoms with van der Waals surface area (Å²) in [6.07, 6.45) is 1.93. The summed E-state index contributed by atoms with van der Waals surface area (Å²) < 4.78 is 16.5. The molecule has 0 spiro atoms. The van der Waals surface area contributed by atoms with Crippen molar-refractivity contribution in [3.63, 3.8) is 0 Å². The summed E-state index contributed by atoms with van der Waals surface area (Å²) in [5.41, 5.74) is 5.85. The minimum atomic E-state index is -0.165. The zero-order valence-electron chi connectivity index (χ0n) is 11.1. The van der Waals surface area contributed by atoms with Crippen molar-refractivity contribution in [2.45, 2.75) is 18.9 Å². The molecule has 0 saturated carbocycles. The van der Waals surface area contributed by atoms with Gasteiger partial charge in [0.05, 0.1) is 25.8 Å². The number of ether oxygens (including phenoxy) is 3.